The smallest absolute Gasteiger partial charge is 0.321 e. The van der Waals surface area contributed by atoms with E-state index in [0.717, 1.165) is 12.8 Å². The molecule has 5 heteroatoms. The van der Waals surface area contributed by atoms with Gasteiger partial charge in [-0.05, 0) is 43.9 Å². The van der Waals surface area contributed by atoms with Crippen molar-refractivity contribution in [2.24, 2.45) is 5.92 Å². The summed E-state index contributed by atoms with van der Waals surface area (Å²) < 4.78 is 0. The van der Waals surface area contributed by atoms with Gasteiger partial charge in [0, 0.05) is 24.5 Å². The van der Waals surface area contributed by atoms with Crippen molar-refractivity contribution in [1.29, 1.82) is 0 Å². The van der Waals surface area contributed by atoms with E-state index in [1.54, 1.807) is 17.0 Å². The van der Waals surface area contributed by atoms with Crippen molar-refractivity contribution in [3.05, 3.63) is 24.3 Å². The van der Waals surface area contributed by atoms with Gasteiger partial charge in [0.25, 0.3) is 0 Å². The number of aliphatic hydroxyl groups excluding tert-OH is 1. The van der Waals surface area contributed by atoms with Crippen LogP contribution in [0.2, 0.25) is 0 Å². The number of hydrogen-bond acceptors (Lipinski definition) is 3. The van der Waals surface area contributed by atoms with Gasteiger partial charge in [-0.2, -0.15) is 0 Å². The number of benzene rings is 1. The molecule has 1 heterocycles. The van der Waals surface area contributed by atoms with Crippen LogP contribution in [0.3, 0.4) is 0 Å². The maximum absolute atomic E-state index is 12.1. The molecule has 1 saturated heterocycles. The second-order valence-corrected chi connectivity index (χ2v) is 5.12. The number of piperidine rings is 1. The molecule has 0 spiro atoms. The van der Waals surface area contributed by atoms with Gasteiger partial charge in [-0.1, -0.05) is 6.07 Å². The van der Waals surface area contributed by atoms with Gasteiger partial charge >= 0.3 is 6.03 Å². The molecule has 0 saturated carbocycles. The van der Waals surface area contributed by atoms with Crippen molar-refractivity contribution in [2.45, 2.75) is 25.9 Å². The molecule has 1 aliphatic heterocycles. The first-order valence-corrected chi connectivity index (χ1v) is 6.66. The van der Waals surface area contributed by atoms with Crippen LogP contribution < -0.4 is 11.1 Å². The van der Waals surface area contributed by atoms with E-state index in [9.17, 15) is 9.90 Å². The summed E-state index contributed by atoms with van der Waals surface area (Å²) in [6.07, 6.45) is 1.41. The van der Waals surface area contributed by atoms with Crippen molar-refractivity contribution in [1.82, 2.24) is 4.90 Å². The number of nitrogen functional groups attached to an aromatic ring is 1. The molecule has 1 unspecified atom stereocenters. The van der Waals surface area contributed by atoms with Crippen molar-refractivity contribution >= 4 is 17.4 Å². The molecule has 104 valence electrons. The molecule has 5 nitrogen and oxygen atoms in total. The molecule has 1 atom stereocenters. The van der Waals surface area contributed by atoms with Gasteiger partial charge in [0.05, 0.1) is 6.10 Å². The predicted octanol–water partition coefficient (Wildman–Crippen LogP) is 1.89. The Bertz CT molecular complexity index is 440. The monoisotopic (exact) mass is 263 g/mol. The van der Waals surface area contributed by atoms with E-state index in [2.05, 4.69) is 5.32 Å². The van der Waals surface area contributed by atoms with E-state index in [1.165, 1.54) is 0 Å². The molecule has 4 N–H and O–H groups in total. The summed E-state index contributed by atoms with van der Waals surface area (Å²) in [5, 5.41) is 12.4. The summed E-state index contributed by atoms with van der Waals surface area (Å²) >= 11 is 0. The molecule has 1 aromatic rings. The fourth-order valence-corrected chi connectivity index (χ4v) is 2.40. The maximum Gasteiger partial charge on any atom is 0.321 e. The minimum atomic E-state index is -0.292. The minimum Gasteiger partial charge on any atom is -0.399 e. The van der Waals surface area contributed by atoms with Crippen molar-refractivity contribution in [3.8, 4) is 0 Å². The molecule has 0 bridgehead atoms. The van der Waals surface area contributed by atoms with Crippen molar-refractivity contribution in [2.75, 3.05) is 24.1 Å². The number of likely N-dealkylation sites (tertiary alicyclic amines) is 1. The van der Waals surface area contributed by atoms with Crippen LogP contribution >= 0.6 is 0 Å². The summed E-state index contributed by atoms with van der Waals surface area (Å²) in [6, 6.07) is 7.04. The minimum absolute atomic E-state index is 0.102. The second kappa shape index (κ2) is 5.93. The first kappa shape index (κ1) is 13.7. The van der Waals surface area contributed by atoms with Crippen LogP contribution in [0.15, 0.2) is 24.3 Å². The number of urea groups is 1. The Kier molecular flexibility index (Phi) is 4.27. The lowest BCUT2D eigenvalue weighted by molar-refractivity contribution is 0.0820. The standard InChI is InChI=1S/C14H21N3O2/c1-10(18)11-5-7-17(8-6-11)14(19)16-13-4-2-3-12(15)9-13/h2-4,9-11,18H,5-8,15H2,1H3,(H,16,19). The van der Waals surface area contributed by atoms with Gasteiger partial charge in [0.2, 0.25) is 0 Å². The Morgan fingerprint density at radius 3 is 2.74 bits per heavy atom. The number of hydrogen-bond donors (Lipinski definition) is 3. The number of nitrogens with zero attached hydrogens (tertiary/aromatic N) is 1. The quantitative estimate of drug-likeness (QED) is 0.713. The lowest BCUT2D eigenvalue weighted by Crippen LogP contribution is -2.42. The first-order chi connectivity index (χ1) is 9.06. The summed E-state index contributed by atoms with van der Waals surface area (Å²) in [7, 11) is 0. The molecule has 0 radical (unpaired) electrons. The van der Waals surface area contributed by atoms with E-state index in [1.807, 2.05) is 19.1 Å². The number of nitrogens with one attached hydrogen (secondary N) is 1. The van der Waals surface area contributed by atoms with E-state index >= 15 is 0 Å². The average molecular weight is 263 g/mol. The van der Waals surface area contributed by atoms with Gasteiger partial charge in [0.15, 0.2) is 0 Å². The third-order valence-electron chi connectivity index (χ3n) is 3.65. The molecular formula is C14H21N3O2. The van der Waals surface area contributed by atoms with E-state index in [4.69, 9.17) is 5.73 Å². The zero-order chi connectivity index (χ0) is 13.8. The van der Waals surface area contributed by atoms with Crippen LogP contribution in [0.25, 0.3) is 0 Å². The van der Waals surface area contributed by atoms with Gasteiger partial charge in [-0.15, -0.1) is 0 Å². The third kappa shape index (κ3) is 3.61. The zero-order valence-corrected chi connectivity index (χ0v) is 11.2. The molecule has 1 aromatic carbocycles. The highest BCUT2D eigenvalue weighted by Gasteiger charge is 2.25. The van der Waals surface area contributed by atoms with Gasteiger partial charge in [-0.25, -0.2) is 4.79 Å². The number of carbonyl (C=O) groups excluding carboxylic acids is 1. The summed E-state index contributed by atoms with van der Waals surface area (Å²) in [4.78, 5) is 13.8. The van der Waals surface area contributed by atoms with Gasteiger partial charge < -0.3 is 21.1 Å². The number of amides is 2. The SMILES string of the molecule is CC(O)C1CCN(C(=O)Nc2cccc(N)c2)CC1. The fourth-order valence-electron chi connectivity index (χ4n) is 2.40. The van der Waals surface area contributed by atoms with Crippen LogP contribution in [0, 0.1) is 5.92 Å². The summed E-state index contributed by atoms with van der Waals surface area (Å²) in [6.45, 7) is 3.18. The summed E-state index contributed by atoms with van der Waals surface area (Å²) in [5.74, 6) is 0.302. The highest BCUT2D eigenvalue weighted by Crippen LogP contribution is 2.21. The highest BCUT2D eigenvalue weighted by molar-refractivity contribution is 5.89. The van der Waals surface area contributed by atoms with Crippen LogP contribution in [-0.2, 0) is 0 Å². The van der Waals surface area contributed by atoms with Crippen LogP contribution in [0.1, 0.15) is 19.8 Å². The number of nitrogens with two attached hydrogens (primary N) is 1. The number of anilines is 2. The molecule has 2 amide bonds. The van der Waals surface area contributed by atoms with Crippen molar-refractivity contribution in [3.63, 3.8) is 0 Å². The molecule has 1 aliphatic rings. The topological polar surface area (TPSA) is 78.6 Å². The van der Waals surface area contributed by atoms with E-state index < -0.39 is 0 Å². The molecule has 19 heavy (non-hydrogen) atoms. The Balaban J connectivity index is 1.88. The maximum atomic E-state index is 12.1. The third-order valence-corrected chi connectivity index (χ3v) is 3.65. The zero-order valence-electron chi connectivity index (χ0n) is 11.2. The summed E-state index contributed by atoms with van der Waals surface area (Å²) in [5.41, 5.74) is 7.01. The average Bonchev–Trinajstić information content (AvgIpc) is 2.39. The predicted molar refractivity (Wildman–Crippen MR) is 75.9 cm³/mol. The first-order valence-electron chi connectivity index (χ1n) is 6.66. The Labute approximate surface area is 113 Å². The normalized spacial score (nSPS) is 18.1. The number of carbonyl (C=O) groups is 1. The molecule has 1 fully saturated rings. The van der Waals surface area contributed by atoms with Crippen LogP contribution in [0.4, 0.5) is 16.2 Å². The Morgan fingerprint density at radius 2 is 2.16 bits per heavy atom. The highest BCUT2D eigenvalue weighted by atomic mass is 16.3. The largest absolute Gasteiger partial charge is 0.399 e. The van der Waals surface area contributed by atoms with E-state index in [-0.39, 0.29) is 12.1 Å². The molecule has 2 rings (SSSR count). The Hall–Kier alpha value is -1.75. The lowest BCUT2D eigenvalue weighted by Gasteiger charge is -2.33. The molecular weight excluding hydrogens is 242 g/mol. The number of aliphatic hydroxyl groups is 1. The van der Waals surface area contributed by atoms with Gasteiger partial charge in [-0.3, -0.25) is 0 Å². The lowest BCUT2D eigenvalue weighted by atomic mass is 9.92. The molecule has 0 aliphatic carbocycles. The van der Waals surface area contributed by atoms with Crippen LogP contribution in [-0.4, -0.2) is 35.2 Å². The van der Waals surface area contributed by atoms with Crippen LogP contribution in [0.5, 0.6) is 0 Å². The second-order valence-electron chi connectivity index (χ2n) is 5.12. The van der Waals surface area contributed by atoms with Crippen molar-refractivity contribution < 1.29 is 9.90 Å². The number of rotatable bonds is 2. The molecule has 0 aromatic heterocycles. The van der Waals surface area contributed by atoms with Gasteiger partial charge in [0.1, 0.15) is 0 Å². The Morgan fingerprint density at radius 1 is 1.47 bits per heavy atom. The fraction of sp³-hybridized carbons (Fsp3) is 0.500. The van der Waals surface area contributed by atoms with E-state index in [0.29, 0.717) is 30.4 Å².